The van der Waals surface area contributed by atoms with E-state index in [0.717, 1.165) is 9.50 Å². The maximum absolute atomic E-state index is 6.24. The Morgan fingerprint density at radius 2 is 1.60 bits per heavy atom. The van der Waals surface area contributed by atoms with Crippen molar-refractivity contribution >= 4 is 38.9 Å². The first-order valence-corrected chi connectivity index (χ1v) is 10.0. The van der Waals surface area contributed by atoms with Gasteiger partial charge in [-0.25, -0.2) is 0 Å². The molecule has 1 heterocycles. The van der Waals surface area contributed by atoms with E-state index in [1.807, 2.05) is 11.3 Å². The number of halogens is 2. The van der Waals surface area contributed by atoms with E-state index in [4.69, 9.17) is 11.6 Å². The predicted octanol–water partition coefficient (Wildman–Crippen LogP) is 7.97. The summed E-state index contributed by atoms with van der Waals surface area (Å²) in [7, 11) is 0. The van der Waals surface area contributed by atoms with Gasteiger partial charge >= 0.3 is 0 Å². The normalized spacial score (nSPS) is 14.4. The van der Waals surface area contributed by atoms with Crippen LogP contribution in [0.25, 0.3) is 0 Å². The Labute approximate surface area is 142 Å². The lowest BCUT2D eigenvalue weighted by Crippen LogP contribution is -2.21. The first-order chi connectivity index (χ1) is 9.55. The summed E-state index contributed by atoms with van der Waals surface area (Å²) in [5.41, 5.74) is 0.291. The van der Waals surface area contributed by atoms with Crippen LogP contribution in [0, 0.1) is 0 Å². The lowest BCUT2D eigenvalue weighted by atomic mass is 9.78. The largest absolute Gasteiger partial charge is 0.146 e. The van der Waals surface area contributed by atoms with Crippen molar-refractivity contribution in [3.05, 3.63) is 19.8 Å². The van der Waals surface area contributed by atoms with E-state index in [9.17, 15) is 0 Å². The highest BCUT2D eigenvalue weighted by atomic mass is 79.9. The van der Waals surface area contributed by atoms with Crippen LogP contribution in [-0.2, 0) is 5.41 Å². The van der Waals surface area contributed by atoms with Crippen LogP contribution in [0.2, 0.25) is 5.02 Å². The number of rotatable bonds is 10. The van der Waals surface area contributed by atoms with Gasteiger partial charge in [-0.1, -0.05) is 77.3 Å². The molecule has 20 heavy (non-hydrogen) atoms. The molecule has 0 nitrogen and oxygen atoms in total. The molecular formula is C17H28BrClS. The van der Waals surface area contributed by atoms with Crippen molar-refractivity contribution in [3.8, 4) is 0 Å². The van der Waals surface area contributed by atoms with Crippen molar-refractivity contribution in [2.75, 3.05) is 0 Å². The number of hydrogen-bond acceptors (Lipinski definition) is 1. The van der Waals surface area contributed by atoms with Gasteiger partial charge in [0.1, 0.15) is 0 Å². The summed E-state index contributed by atoms with van der Waals surface area (Å²) in [4.78, 5) is 1.45. The van der Waals surface area contributed by atoms with Gasteiger partial charge in [-0.3, -0.25) is 0 Å². The van der Waals surface area contributed by atoms with E-state index >= 15 is 0 Å². The minimum absolute atomic E-state index is 0.291. The molecule has 1 atom stereocenters. The van der Waals surface area contributed by atoms with Gasteiger partial charge in [0.2, 0.25) is 0 Å². The zero-order valence-electron chi connectivity index (χ0n) is 13.1. The topological polar surface area (TPSA) is 0 Å². The van der Waals surface area contributed by atoms with Crippen LogP contribution in [0.4, 0.5) is 0 Å². The zero-order chi connectivity index (χ0) is 15.0. The Balaban J connectivity index is 2.74. The van der Waals surface area contributed by atoms with E-state index < -0.39 is 0 Å². The smallest absolute Gasteiger partial charge is 0.0658 e. The minimum Gasteiger partial charge on any atom is -0.146 e. The molecule has 0 saturated carbocycles. The van der Waals surface area contributed by atoms with Crippen molar-refractivity contribution in [2.45, 2.75) is 84.0 Å². The molecule has 0 saturated heterocycles. The standard InChI is InChI=1S/C17H28BrClS/c1-4-6-8-10-12-17(3,11-9-7-5-2)16-15(18)14(19)13-20-16/h13H,4-12H2,1-3H3. The first kappa shape index (κ1) is 18.5. The second kappa shape index (κ2) is 9.48. The summed E-state index contributed by atoms with van der Waals surface area (Å²) in [6.07, 6.45) is 11.9. The molecule has 1 rings (SSSR count). The molecule has 0 aliphatic rings. The number of thiophene rings is 1. The average molecular weight is 380 g/mol. The third kappa shape index (κ3) is 5.35. The molecular weight excluding hydrogens is 352 g/mol. The molecule has 1 aromatic rings. The molecule has 1 aromatic heterocycles. The van der Waals surface area contributed by atoms with Gasteiger partial charge in [0.25, 0.3) is 0 Å². The highest BCUT2D eigenvalue weighted by molar-refractivity contribution is 9.10. The molecule has 0 spiro atoms. The monoisotopic (exact) mass is 378 g/mol. The van der Waals surface area contributed by atoms with Crippen LogP contribution in [-0.4, -0.2) is 0 Å². The van der Waals surface area contributed by atoms with Crippen molar-refractivity contribution in [1.29, 1.82) is 0 Å². The first-order valence-electron chi connectivity index (χ1n) is 7.98. The molecule has 0 bridgehead atoms. The van der Waals surface area contributed by atoms with Crippen LogP contribution in [0.5, 0.6) is 0 Å². The van der Waals surface area contributed by atoms with Gasteiger partial charge in [-0.2, -0.15) is 0 Å². The number of unbranched alkanes of at least 4 members (excludes halogenated alkanes) is 5. The maximum atomic E-state index is 6.24. The summed E-state index contributed by atoms with van der Waals surface area (Å²) < 4.78 is 1.14. The van der Waals surface area contributed by atoms with Crippen molar-refractivity contribution in [1.82, 2.24) is 0 Å². The average Bonchev–Trinajstić information content (AvgIpc) is 2.76. The van der Waals surface area contributed by atoms with E-state index in [1.54, 1.807) is 0 Å². The molecule has 0 aliphatic carbocycles. The Hall–Kier alpha value is 0.470. The van der Waals surface area contributed by atoms with Crippen molar-refractivity contribution < 1.29 is 0 Å². The van der Waals surface area contributed by atoms with Gasteiger partial charge < -0.3 is 0 Å². The predicted molar refractivity (Wildman–Crippen MR) is 97.3 cm³/mol. The van der Waals surface area contributed by atoms with Crippen LogP contribution in [0.15, 0.2) is 9.85 Å². The van der Waals surface area contributed by atoms with Crippen LogP contribution in [0.1, 0.15) is 83.4 Å². The van der Waals surface area contributed by atoms with Gasteiger partial charge in [0, 0.05) is 15.7 Å². The van der Waals surface area contributed by atoms with Crippen molar-refractivity contribution in [3.63, 3.8) is 0 Å². The molecule has 0 aliphatic heterocycles. The van der Waals surface area contributed by atoms with E-state index in [0.29, 0.717) is 5.41 Å². The summed E-state index contributed by atoms with van der Waals surface area (Å²) in [6.45, 7) is 6.98. The van der Waals surface area contributed by atoms with Gasteiger partial charge in [0.15, 0.2) is 0 Å². The Morgan fingerprint density at radius 3 is 2.10 bits per heavy atom. The second-order valence-electron chi connectivity index (χ2n) is 6.06. The molecule has 0 amide bonds. The Bertz CT molecular complexity index is 388. The van der Waals surface area contributed by atoms with Gasteiger partial charge in [-0.15, -0.1) is 11.3 Å². The summed E-state index contributed by atoms with van der Waals surface area (Å²) >= 11 is 11.8. The fraction of sp³-hybridized carbons (Fsp3) is 0.765. The van der Waals surface area contributed by atoms with E-state index in [2.05, 4.69) is 42.1 Å². The van der Waals surface area contributed by atoms with Gasteiger partial charge in [-0.05, 0) is 28.8 Å². The number of hydrogen-bond donors (Lipinski definition) is 0. The third-order valence-corrected chi connectivity index (χ3v) is 7.18. The fourth-order valence-corrected chi connectivity index (χ4v) is 5.14. The molecule has 116 valence electrons. The summed E-state index contributed by atoms with van der Waals surface area (Å²) in [6, 6.07) is 0. The van der Waals surface area contributed by atoms with E-state index in [-0.39, 0.29) is 0 Å². The lowest BCUT2D eigenvalue weighted by Gasteiger charge is -2.29. The van der Waals surface area contributed by atoms with Crippen molar-refractivity contribution in [2.24, 2.45) is 0 Å². The van der Waals surface area contributed by atoms with Crippen LogP contribution >= 0.6 is 38.9 Å². The minimum atomic E-state index is 0.291. The molecule has 0 fully saturated rings. The highest BCUT2D eigenvalue weighted by Crippen LogP contribution is 2.45. The quantitative estimate of drug-likeness (QED) is 0.361. The Morgan fingerprint density at radius 1 is 1.05 bits per heavy atom. The summed E-state index contributed by atoms with van der Waals surface area (Å²) in [5.74, 6) is 0. The third-order valence-electron chi connectivity index (χ3n) is 4.15. The maximum Gasteiger partial charge on any atom is 0.0658 e. The lowest BCUT2D eigenvalue weighted by molar-refractivity contribution is 0.371. The molecule has 3 heteroatoms. The zero-order valence-corrected chi connectivity index (χ0v) is 16.3. The van der Waals surface area contributed by atoms with Crippen LogP contribution in [0.3, 0.4) is 0 Å². The van der Waals surface area contributed by atoms with E-state index in [1.165, 1.54) is 62.7 Å². The molecule has 1 unspecified atom stereocenters. The Kier molecular flexibility index (Phi) is 8.78. The summed E-state index contributed by atoms with van der Waals surface area (Å²) in [5, 5.41) is 2.95. The second-order valence-corrected chi connectivity index (χ2v) is 8.14. The molecule has 0 aromatic carbocycles. The fourth-order valence-electron chi connectivity index (χ4n) is 2.79. The van der Waals surface area contributed by atoms with Crippen LogP contribution < -0.4 is 0 Å². The van der Waals surface area contributed by atoms with Gasteiger partial charge in [0.05, 0.1) is 9.50 Å². The molecule has 0 N–H and O–H groups in total. The highest BCUT2D eigenvalue weighted by Gasteiger charge is 2.30. The SMILES string of the molecule is CCCCCCC(C)(CCCCC)c1scc(Cl)c1Br. The molecule has 0 radical (unpaired) electrons.